The van der Waals surface area contributed by atoms with Crippen molar-refractivity contribution in [3.63, 3.8) is 0 Å². The van der Waals surface area contributed by atoms with Crippen molar-refractivity contribution in [1.29, 1.82) is 0 Å². The topological polar surface area (TPSA) is 81.4 Å². The monoisotopic (exact) mass is 284 g/mol. The van der Waals surface area contributed by atoms with E-state index in [1.54, 1.807) is 12.1 Å². The summed E-state index contributed by atoms with van der Waals surface area (Å²) < 4.78 is 32.5. The third-order valence-corrected chi connectivity index (χ3v) is 5.08. The average Bonchev–Trinajstić information content (AvgIpc) is 2.40. The van der Waals surface area contributed by atoms with Gasteiger partial charge in [-0.25, -0.2) is 13.1 Å². The molecule has 3 N–H and O–H groups in total. The summed E-state index contributed by atoms with van der Waals surface area (Å²) in [5.74, 6) is 0.331. The van der Waals surface area contributed by atoms with Crippen molar-refractivity contribution in [2.45, 2.75) is 30.7 Å². The maximum absolute atomic E-state index is 12.2. The van der Waals surface area contributed by atoms with Crippen molar-refractivity contribution in [2.24, 2.45) is 5.92 Å². The summed E-state index contributed by atoms with van der Waals surface area (Å²) >= 11 is 0. The molecule has 1 unspecified atom stereocenters. The summed E-state index contributed by atoms with van der Waals surface area (Å²) in [6.07, 6.45) is 1.79. The highest BCUT2D eigenvalue weighted by molar-refractivity contribution is 7.89. The Bertz CT molecular complexity index is 507. The lowest BCUT2D eigenvalue weighted by atomic mass is 9.94. The molecule has 2 rings (SSSR count). The fourth-order valence-electron chi connectivity index (χ4n) is 2.27. The van der Waals surface area contributed by atoms with Gasteiger partial charge >= 0.3 is 0 Å². The number of hydrogen-bond acceptors (Lipinski definition) is 4. The second kappa shape index (κ2) is 5.90. The van der Waals surface area contributed by atoms with Crippen LogP contribution in [0.4, 0.5) is 5.69 Å². The van der Waals surface area contributed by atoms with Crippen molar-refractivity contribution < 1.29 is 13.2 Å². The number of rotatable bonds is 4. The molecule has 1 aromatic carbocycles. The Morgan fingerprint density at radius 3 is 2.42 bits per heavy atom. The smallest absolute Gasteiger partial charge is 0.240 e. The molecule has 5 nitrogen and oxygen atoms in total. The fourth-order valence-corrected chi connectivity index (χ4v) is 3.58. The highest BCUT2D eigenvalue weighted by Crippen LogP contribution is 2.20. The Balaban J connectivity index is 2.05. The molecule has 0 aliphatic carbocycles. The van der Waals surface area contributed by atoms with Gasteiger partial charge in [0.1, 0.15) is 0 Å². The van der Waals surface area contributed by atoms with Crippen molar-refractivity contribution in [3.05, 3.63) is 24.3 Å². The van der Waals surface area contributed by atoms with Crippen LogP contribution in [-0.4, -0.2) is 27.7 Å². The van der Waals surface area contributed by atoms with Crippen LogP contribution in [0.3, 0.4) is 0 Å². The summed E-state index contributed by atoms with van der Waals surface area (Å²) in [4.78, 5) is 0.251. The van der Waals surface area contributed by atoms with Gasteiger partial charge in [-0.15, -0.1) is 0 Å². The van der Waals surface area contributed by atoms with E-state index in [1.807, 2.05) is 6.92 Å². The van der Waals surface area contributed by atoms with Crippen LogP contribution < -0.4 is 10.5 Å². The van der Waals surface area contributed by atoms with E-state index in [0.29, 0.717) is 24.8 Å². The number of anilines is 1. The molecule has 1 saturated heterocycles. The second-order valence-corrected chi connectivity index (χ2v) is 6.64. The van der Waals surface area contributed by atoms with Gasteiger partial charge in [-0.05, 0) is 49.9 Å². The number of benzene rings is 1. The van der Waals surface area contributed by atoms with E-state index in [0.717, 1.165) is 12.8 Å². The zero-order valence-corrected chi connectivity index (χ0v) is 11.8. The number of hydrogen-bond donors (Lipinski definition) is 2. The van der Waals surface area contributed by atoms with Crippen molar-refractivity contribution in [1.82, 2.24) is 4.72 Å². The summed E-state index contributed by atoms with van der Waals surface area (Å²) in [6, 6.07) is 6.14. The van der Waals surface area contributed by atoms with Gasteiger partial charge in [0.05, 0.1) is 4.90 Å². The molecule has 0 bridgehead atoms. The SMILES string of the molecule is CC(NS(=O)(=O)c1ccc(N)cc1)C1CCOCC1. The largest absolute Gasteiger partial charge is 0.399 e. The molecule has 0 spiro atoms. The zero-order chi connectivity index (χ0) is 13.9. The number of nitrogens with one attached hydrogen (secondary N) is 1. The number of nitrogens with two attached hydrogens (primary N) is 1. The minimum absolute atomic E-state index is 0.0912. The third-order valence-electron chi connectivity index (χ3n) is 3.50. The lowest BCUT2D eigenvalue weighted by molar-refractivity contribution is 0.0585. The van der Waals surface area contributed by atoms with Crippen molar-refractivity contribution >= 4 is 15.7 Å². The molecule has 1 aliphatic heterocycles. The van der Waals surface area contributed by atoms with Gasteiger partial charge in [-0.3, -0.25) is 0 Å². The van der Waals surface area contributed by atoms with E-state index in [2.05, 4.69) is 4.72 Å². The Kier molecular flexibility index (Phi) is 4.44. The summed E-state index contributed by atoms with van der Waals surface area (Å²) in [5, 5.41) is 0. The molecule has 1 atom stereocenters. The van der Waals surface area contributed by atoms with E-state index in [1.165, 1.54) is 12.1 Å². The van der Waals surface area contributed by atoms with E-state index in [4.69, 9.17) is 10.5 Å². The molecular formula is C13H20N2O3S. The first-order valence-electron chi connectivity index (χ1n) is 6.44. The Labute approximate surface area is 114 Å². The quantitative estimate of drug-likeness (QED) is 0.818. The van der Waals surface area contributed by atoms with E-state index >= 15 is 0 Å². The molecule has 0 saturated carbocycles. The molecule has 1 aliphatic rings. The maximum atomic E-state index is 12.2. The predicted molar refractivity (Wildman–Crippen MR) is 74.2 cm³/mol. The lowest BCUT2D eigenvalue weighted by Crippen LogP contribution is -2.40. The first-order chi connectivity index (χ1) is 8.99. The summed E-state index contributed by atoms with van der Waals surface area (Å²) in [7, 11) is -3.47. The van der Waals surface area contributed by atoms with E-state index < -0.39 is 10.0 Å². The van der Waals surface area contributed by atoms with Crippen LogP contribution in [-0.2, 0) is 14.8 Å². The standard InChI is InChI=1S/C13H20N2O3S/c1-10(11-6-8-18-9-7-11)15-19(16,17)13-4-2-12(14)3-5-13/h2-5,10-11,15H,6-9,14H2,1H3. The van der Waals surface area contributed by atoms with Crippen LogP contribution in [0, 0.1) is 5.92 Å². The molecule has 1 aromatic rings. The number of sulfonamides is 1. The third kappa shape index (κ3) is 3.68. The van der Waals surface area contributed by atoms with Crippen LogP contribution in [0.1, 0.15) is 19.8 Å². The van der Waals surface area contributed by atoms with Gasteiger partial charge in [0.2, 0.25) is 10.0 Å². The molecular weight excluding hydrogens is 264 g/mol. The molecule has 106 valence electrons. The Morgan fingerprint density at radius 1 is 1.26 bits per heavy atom. The van der Waals surface area contributed by atoms with Gasteiger partial charge in [0.25, 0.3) is 0 Å². The maximum Gasteiger partial charge on any atom is 0.240 e. The van der Waals surface area contributed by atoms with Gasteiger partial charge < -0.3 is 10.5 Å². The molecule has 1 fully saturated rings. The number of ether oxygens (including phenoxy) is 1. The summed E-state index contributed by atoms with van der Waals surface area (Å²) in [6.45, 7) is 3.32. The van der Waals surface area contributed by atoms with Gasteiger partial charge in [0.15, 0.2) is 0 Å². The predicted octanol–water partition coefficient (Wildman–Crippen LogP) is 1.36. The molecule has 0 amide bonds. The average molecular weight is 284 g/mol. The first-order valence-corrected chi connectivity index (χ1v) is 7.93. The Hall–Kier alpha value is -1.11. The molecule has 19 heavy (non-hydrogen) atoms. The molecule has 0 radical (unpaired) electrons. The van der Waals surface area contributed by atoms with Crippen LogP contribution in [0.25, 0.3) is 0 Å². The normalized spacial score (nSPS) is 19.2. The summed E-state index contributed by atoms with van der Waals surface area (Å²) in [5.41, 5.74) is 6.11. The minimum Gasteiger partial charge on any atom is -0.399 e. The Morgan fingerprint density at radius 2 is 1.84 bits per heavy atom. The fraction of sp³-hybridized carbons (Fsp3) is 0.538. The van der Waals surface area contributed by atoms with Crippen LogP contribution >= 0.6 is 0 Å². The van der Waals surface area contributed by atoms with Gasteiger partial charge in [-0.1, -0.05) is 0 Å². The molecule has 1 heterocycles. The van der Waals surface area contributed by atoms with Gasteiger partial charge in [-0.2, -0.15) is 0 Å². The van der Waals surface area contributed by atoms with Crippen molar-refractivity contribution in [2.75, 3.05) is 18.9 Å². The second-order valence-electron chi connectivity index (χ2n) is 4.93. The highest BCUT2D eigenvalue weighted by Gasteiger charge is 2.25. The highest BCUT2D eigenvalue weighted by atomic mass is 32.2. The number of nitrogen functional groups attached to an aromatic ring is 1. The molecule has 6 heteroatoms. The minimum atomic E-state index is -3.47. The van der Waals surface area contributed by atoms with Crippen LogP contribution in [0.2, 0.25) is 0 Å². The van der Waals surface area contributed by atoms with Crippen molar-refractivity contribution in [3.8, 4) is 0 Å². The first kappa shape index (κ1) is 14.3. The zero-order valence-electron chi connectivity index (χ0n) is 11.0. The van der Waals surface area contributed by atoms with Gasteiger partial charge in [0, 0.05) is 24.9 Å². The lowest BCUT2D eigenvalue weighted by Gasteiger charge is -2.28. The van der Waals surface area contributed by atoms with Crippen LogP contribution in [0.15, 0.2) is 29.2 Å². The van der Waals surface area contributed by atoms with E-state index in [9.17, 15) is 8.42 Å². The molecule has 0 aromatic heterocycles. The van der Waals surface area contributed by atoms with Crippen LogP contribution in [0.5, 0.6) is 0 Å². The van der Waals surface area contributed by atoms with E-state index in [-0.39, 0.29) is 10.9 Å².